The summed E-state index contributed by atoms with van der Waals surface area (Å²) < 4.78 is 12.9. The fourth-order valence-corrected chi connectivity index (χ4v) is 2.75. The van der Waals surface area contributed by atoms with Gasteiger partial charge < -0.3 is 0 Å². The van der Waals surface area contributed by atoms with Crippen LogP contribution in [0.3, 0.4) is 0 Å². The van der Waals surface area contributed by atoms with Gasteiger partial charge in [-0.3, -0.25) is 10.1 Å². The number of nitro benzene ring substituents is 1. The Morgan fingerprint density at radius 2 is 1.86 bits per heavy atom. The first-order valence-electron chi connectivity index (χ1n) is 6.10. The van der Waals surface area contributed by atoms with Crippen LogP contribution in [0.4, 0.5) is 10.1 Å². The molecule has 21 heavy (non-hydrogen) atoms. The third kappa shape index (κ3) is 2.80. The van der Waals surface area contributed by atoms with Crippen molar-refractivity contribution in [2.75, 3.05) is 0 Å². The van der Waals surface area contributed by atoms with Gasteiger partial charge in [-0.2, -0.15) is 0 Å². The minimum Gasteiger partial charge on any atom is -0.258 e. The van der Waals surface area contributed by atoms with Crippen molar-refractivity contribution < 1.29 is 9.31 Å². The van der Waals surface area contributed by atoms with Crippen LogP contribution in [0.15, 0.2) is 53.9 Å². The first-order chi connectivity index (χ1) is 10.1. The second-order valence-corrected chi connectivity index (χ2v) is 5.21. The van der Waals surface area contributed by atoms with E-state index in [9.17, 15) is 14.5 Å². The summed E-state index contributed by atoms with van der Waals surface area (Å²) in [5.74, 6) is -0.297. The maximum absolute atomic E-state index is 12.9. The Bertz CT molecular complexity index is 799. The summed E-state index contributed by atoms with van der Waals surface area (Å²) in [4.78, 5) is 14.8. The van der Waals surface area contributed by atoms with E-state index in [4.69, 9.17) is 0 Å². The van der Waals surface area contributed by atoms with Crippen LogP contribution in [0.25, 0.3) is 21.8 Å². The van der Waals surface area contributed by atoms with E-state index in [0.29, 0.717) is 11.3 Å². The average molecular weight is 300 g/mol. The molecule has 0 radical (unpaired) electrons. The van der Waals surface area contributed by atoms with Gasteiger partial charge in [0.1, 0.15) is 10.8 Å². The third-order valence-electron chi connectivity index (χ3n) is 2.95. The zero-order valence-corrected chi connectivity index (χ0v) is 11.5. The molecule has 0 amide bonds. The summed E-state index contributed by atoms with van der Waals surface area (Å²) in [5.41, 5.74) is 2.21. The predicted octanol–water partition coefficient (Wildman–Crippen LogP) is 4.52. The number of hydrogen-bond acceptors (Lipinski definition) is 4. The van der Waals surface area contributed by atoms with E-state index >= 15 is 0 Å². The lowest BCUT2D eigenvalue weighted by Crippen LogP contribution is -1.88. The van der Waals surface area contributed by atoms with Crippen molar-refractivity contribution in [3.8, 4) is 21.8 Å². The monoisotopic (exact) mass is 300 g/mol. The highest BCUT2D eigenvalue weighted by molar-refractivity contribution is 7.13. The molecule has 4 nitrogen and oxygen atoms in total. The maximum atomic E-state index is 12.9. The molecule has 0 aliphatic carbocycles. The number of non-ortho nitro benzene ring substituents is 1. The van der Waals surface area contributed by atoms with Crippen LogP contribution in [0.1, 0.15) is 0 Å². The lowest BCUT2D eigenvalue weighted by molar-refractivity contribution is -0.384. The molecule has 3 rings (SSSR count). The number of hydrogen-bond donors (Lipinski definition) is 0. The minimum atomic E-state index is -0.434. The fourth-order valence-electron chi connectivity index (χ4n) is 1.91. The van der Waals surface area contributed by atoms with Crippen LogP contribution in [0, 0.1) is 15.9 Å². The highest BCUT2D eigenvalue weighted by Crippen LogP contribution is 2.30. The fraction of sp³-hybridized carbons (Fsp3) is 0. The summed E-state index contributed by atoms with van der Waals surface area (Å²) in [6, 6.07) is 12.4. The number of nitrogens with zero attached hydrogens (tertiary/aromatic N) is 2. The summed E-state index contributed by atoms with van der Waals surface area (Å²) in [6.45, 7) is 0. The van der Waals surface area contributed by atoms with Crippen LogP contribution < -0.4 is 0 Å². The Labute approximate surface area is 123 Å². The zero-order chi connectivity index (χ0) is 14.8. The molecule has 6 heteroatoms. The van der Waals surface area contributed by atoms with Gasteiger partial charge in [0, 0.05) is 28.6 Å². The van der Waals surface area contributed by atoms with Gasteiger partial charge in [-0.05, 0) is 24.3 Å². The van der Waals surface area contributed by atoms with E-state index in [-0.39, 0.29) is 11.5 Å². The van der Waals surface area contributed by atoms with E-state index in [1.807, 2.05) is 5.38 Å². The molecule has 104 valence electrons. The molecule has 0 atom stereocenters. The normalized spacial score (nSPS) is 10.5. The van der Waals surface area contributed by atoms with Crippen molar-refractivity contribution in [2.45, 2.75) is 0 Å². The molecule has 0 aliphatic rings. The van der Waals surface area contributed by atoms with Crippen molar-refractivity contribution in [3.05, 3.63) is 69.8 Å². The van der Waals surface area contributed by atoms with Gasteiger partial charge in [-0.25, -0.2) is 9.37 Å². The summed E-state index contributed by atoms with van der Waals surface area (Å²) in [6.07, 6.45) is 0. The first kappa shape index (κ1) is 13.4. The standard InChI is InChI=1S/C15H9FN2O2S/c16-12-6-4-10(5-7-12)15-17-14(9-21-15)11-2-1-3-13(8-11)18(19)20/h1-9H. The smallest absolute Gasteiger partial charge is 0.258 e. The molecule has 0 aliphatic heterocycles. The van der Waals surface area contributed by atoms with Crippen molar-refractivity contribution in [2.24, 2.45) is 0 Å². The van der Waals surface area contributed by atoms with Crippen molar-refractivity contribution >= 4 is 17.0 Å². The molecular weight excluding hydrogens is 291 g/mol. The number of nitro groups is 1. The largest absolute Gasteiger partial charge is 0.270 e. The van der Waals surface area contributed by atoms with Gasteiger partial charge in [0.05, 0.1) is 10.6 Å². The third-order valence-corrected chi connectivity index (χ3v) is 3.84. The molecule has 0 saturated carbocycles. The highest BCUT2D eigenvalue weighted by Gasteiger charge is 2.10. The van der Waals surface area contributed by atoms with Crippen molar-refractivity contribution in [1.29, 1.82) is 0 Å². The quantitative estimate of drug-likeness (QED) is 0.527. The van der Waals surface area contributed by atoms with E-state index in [1.54, 1.807) is 24.3 Å². The van der Waals surface area contributed by atoms with Crippen molar-refractivity contribution in [1.82, 2.24) is 4.98 Å². The molecule has 3 aromatic rings. The molecule has 0 saturated heterocycles. The van der Waals surface area contributed by atoms with Crippen LogP contribution in [0.5, 0.6) is 0 Å². The Morgan fingerprint density at radius 1 is 1.10 bits per heavy atom. The number of halogens is 1. The Balaban J connectivity index is 1.96. The number of thiazole rings is 1. The predicted molar refractivity (Wildman–Crippen MR) is 79.6 cm³/mol. The first-order valence-corrected chi connectivity index (χ1v) is 6.98. The van der Waals surface area contributed by atoms with Crippen LogP contribution in [-0.4, -0.2) is 9.91 Å². The summed E-state index contributed by atoms with van der Waals surface area (Å²) >= 11 is 1.41. The number of rotatable bonds is 3. The summed E-state index contributed by atoms with van der Waals surface area (Å²) in [5, 5.41) is 13.4. The highest BCUT2D eigenvalue weighted by atomic mass is 32.1. The molecule has 1 aromatic heterocycles. The molecule has 2 aromatic carbocycles. The molecule has 1 heterocycles. The Hall–Kier alpha value is -2.60. The molecule has 0 N–H and O–H groups in total. The van der Waals surface area contributed by atoms with E-state index < -0.39 is 4.92 Å². The van der Waals surface area contributed by atoms with Crippen LogP contribution in [0.2, 0.25) is 0 Å². The Kier molecular flexibility index (Phi) is 3.45. The van der Waals surface area contributed by atoms with E-state index in [0.717, 1.165) is 10.6 Å². The van der Waals surface area contributed by atoms with Gasteiger partial charge in [0.2, 0.25) is 0 Å². The maximum Gasteiger partial charge on any atom is 0.270 e. The van der Waals surface area contributed by atoms with Crippen LogP contribution >= 0.6 is 11.3 Å². The van der Waals surface area contributed by atoms with E-state index in [1.165, 1.54) is 35.6 Å². The topological polar surface area (TPSA) is 56.0 Å². The second kappa shape index (κ2) is 5.41. The lowest BCUT2D eigenvalue weighted by Gasteiger charge is -1.97. The summed E-state index contributed by atoms with van der Waals surface area (Å²) in [7, 11) is 0. The van der Waals surface area contributed by atoms with E-state index in [2.05, 4.69) is 4.98 Å². The van der Waals surface area contributed by atoms with Gasteiger partial charge in [0.15, 0.2) is 0 Å². The van der Waals surface area contributed by atoms with Gasteiger partial charge in [0.25, 0.3) is 5.69 Å². The Morgan fingerprint density at radius 3 is 2.57 bits per heavy atom. The zero-order valence-electron chi connectivity index (χ0n) is 10.7. The molecule has 0 fully saturated rings. The average Bonchev–Trinajstić information content (AvgIpc) is 2.98. The van der Waals surface area contributed by atoms with Crippen molar-refractivity contribution in [3.63, 3.8) is 0 Å². The molecule has 0 unspecified atom stereocenters. The molecule has 0 spiro atoms. The van der Waals surface area contributed by atoms with Gasteiger partial charge in [-0.15, -0.1) is 11.3 Å². The number of aromatic nitrogens is 1. The minimum absolute atomic E-state index is 0.0313. The SMILES string of the molecule is O=[N+]([O-])c1cccc(-c2csc(-c3ccc(F)cc3)n2)c1. The van der Waals surface area contributed by atoms with Crippen LogP contribution in [-0.2, 0) is 0 Å². The van der Waals surface area contributed by atoms with Gasteiger partial charge >= 0.3 is 0 Å². The molecular formula is C15H9FN2O2S. The number of benzene rings is 2. The second-order valence-electron chi connectivity index (χ2n) is 4.35. The van der Waals surface area contributed by atoms with Gasteiger partial charge in [-0.1, -0.05) is 12.1 Å². The molecule has 0 bridgehead atoms. The lowest BCUT2D eigenvalue weighted by atomic mass is 10.1.